The molecular formula is C13H11N7O3S2. The summed E-state index contributed by atoms with van der Waals surface area (Å²) < 4.78 is 1.71. The van der Waals surface area contributed by atoms with E-state index < -0.39 is 4.92 Å². The van der Waals surface area contributed by atoms with Crippen molar-refractivity contribution in [2.75, 3.05) is 11.1 Å². The van der Waals surface area contributed by atoms with Gasteiger partial charge in [0.1, 0.15) is 11.3 Å². The maximum absolute atomic E-state index is 12.0. The second-order valence-corrected chi connectivity index (χ2v) is 6.70. The molecule has 0 unspecified atom stereocenters. The molecule has 0 aliphatic rings. The molecule has 0 saturated heterocycles. The van der Waals surface area contributed by atoms with Crippen LogP contribution in [-0.2, 0) is 11.8 Å². The van der Waals surface area contributed by atoms with Crippen LogP contribution in [0.3, 0.4) is 0 Å². The van der Waals surface area contributed by atoms with E-state index >= 15 is 0 Å². The monoisotopic (exact) mass is 377 g/mol. The molecule has 0 aliphatic heterocycles. The summed E-state index contributed by atoms with van der Waals surface area (Å²) in [6, 6.07) is 6.08. The van der Waals surface area contributed by atoms with Crippen LogP contribution in [0.5, 0.6) is 0 Å². The number of nitrogens with zero attached hydrogens (tertiary/aromatic N) is 6. The summed E-state index contributed by atoms with van der Waals surface area (Å²) in [5.74, 6) is -0.104. The maximum Gasteiger partial charge on any atom is 0.270 e. The molecule has 0 spiro atoms. The largest absolute Gasteiger partial charge is 0.312 e. The van der Waals surface area contributed by atoms with Gasteiger partial charge >= 0.3 is 0 Å². The molecule has 128 valence electrons. The molecule has 0 fully saturated rings. The highest BCUT2D eigenvalue weighted by molar-refractivity contribution is 7.99. The number of rotatable bonds is 6. The van der Waals surface area contributed by atoms with Crippen molar-refractivity contribution >= 4 is 39.8 Å². The van der Waals surface area contributed by atoms with Gasteiger partial charge in [-0.05, 0) is 0 Å². The number of carbonyl (C=O) groups excluding carboxylic acids is 1. The highest BCUT2D eigenvalue weighted by Gasteiger charge is 2.13. The number of nitrogens with one attached hydrogen (secondary N) is 1. The summed E-state index contributed by atoms with van der Waals surface area (Å²) >= 11 is 2.39. The van der Waals surface area contributed by atoms with Crippen LogP contribution in [0.15, 0.2) is 35.7 Å². The van der Waals surface area contributed by atoms with Crippen molar-refractivity contribution in [1.82, 2.24) is 25.0 Å². The summed E-state index contributed by atoms with van der Waals surface area (Å²) in [6.45, 7) is 0. The van der Waals surface area contributed by atoms with E-state index in [0.29, 0.717) is 20.9 Å². The average Bonchev–Trinajstić information content (AvgIpc) is 3.22. The van der Waals surface area contributed by atoms with Crippen LogP contribution in [0.25, 0.3) is 10.6 Å². The van der Waals surface area contributed by atoms with Crippen molar-refractivity contribution in [3.8, 4) is 10.6 Å². The topological polar surface area (TPSA) is 129 Å². The third kappa shape index (κ3) is 4.16. The summed E-state index contributed by atoms with van der Waals surface area (Å²) in [7, 11) is 1.79. The van der Waals surface area contributed by atoms with E-state index in [4.69, 9.17) is 0 Å². The zero-order valence-electron chi connectivity index (χ0n) is 12.8. The van der Waals surface area contributed by atoms with Crippen molar-refractivity contribution < 1.29 is 9.72 Å². The number of carbonyl (C=O) groups is 1. The van der Waals surface area contributed by atoms with Crippen molar-refractivity contribution in [3.05, 3.63) is 40.7 Å². The lowest BCUT2D eigenvalue weighted by Gasteiger charge is -2.00. The zero-order valence-corrected chi connectivity index (χ0v) is 14.5. The lowest BCUT2D eigenvalue weighted by molar-refractivity contribution is -0.384. The second-order valence-electron chi connectivity index (χ2n) is 4.78. The van der Waals surface area contributed by atoms with Gasteiger partial charge in [0.15, 0.2) is 5.16 Å². The van der Waals surface area contributed by atoms with Crippen molar-refractivity contribution in [1.29, 1.82) is 0 Å². The molecule has 3 aromatic rings. The third-order valence-electron chi connectivity index (χ3n) is 2.98. The molecule has 0 radical (unpaired) electrons. The van der Waals surface area contributed by atoms with E-state index in [1.54, 1.807) is 30.1 Å². The minimum absolute atomic E-state index is 0.0293. The SMILES string of the molecule is Cn1cnnc1SCC(=O)Nc1nnc(-c2cccc([N+](=O)[O-])c2)s1. The first kappa shape index (κ1) is 17.0. The van der Waals surface area contributed by atoms with Crippen LogP contribution < -0.4 is 5.32 Å². The lowest BCUT2D eigenvalue weighted by Crippen LogP contribution is -2.14. The molecule has 0 bridgehead atoms. The number of hydrogen-bond donors (Lipinski definition) is 1. The Morgan fingerprint density at radius 2 is 2.24 bits per heavy atom. The number of non-ortho nitro benzene ring substituents is 1. The first-order valence-electron chi connectivity index (χ1n) is 6.88. The average molecular weight is 377 g/mol. The van der Waals surface area contributed by atoms with Crippen LogP contribution in [0, 0.1) is 10.1 Å². The summed E-state index contributed by atoms with van der Waals surface area (Å²) in [4.78, 5) is 22.3. The van der Waals surface area contributed by atoms with Gasteiger partial charge in [-0.2, -0.15) is 0 Å². The number of benzene rings is 1. The molecule has 1 aromatic carbocycles. The molecule has 0 atom stereocenters. The summed E-state index contributed by atoms with van der Waals surface area (Å²) in [5.41, 5.74) is 0.541. The molecule has 12 heteroatoms. The van der Waals surface area contributed by atoms with E-state index in [0.717, 1.165) is 11.3 Å². The molecule has 25 heavy (non-hydrogen) atoms. The van der Waals surface area contributed by atoms with Crippen LogP contribution in [0.1, 0.15) is 0 Å². The van der Waals surface area contributed by atoms with Crippen molar-refractivity contribution in [2.24, 2.45) is 7.05 Å². The first-order chi connectivity index (χ1) is 12.0. The molecular weight excluding hydrogens is 366 g/mol. The lowest BCUT2D eigenvalue weighted by atomic mass is 10.2. The van der Waals surface area contributed by atoms with Gasteiger partial charge < -0.3 is 4.57 Å². The predicted octanol–water partition coefficient (Wildman–Crippen LogP) is 1.97. The van der Waals surface area contributed by atoms with Crippen LogP contribution >= 0.6 is 23.1 Å². The van der Waals surface area contributed by atoms with Gasteiger partial charge in [0, 0.05) is 24.7 Å². The van der Waals surface area contributed by atoms with Crippen LogP contribution in [0.2, 0.25) is 0 Å². The molecule has 2 aromatic heterocycles. The number of nitro groups is 1. The molecule has 1 amide bonds. The fraction of sp³-hybridized carbons (Fsp3) is 0.154. The van der Waals surface area contributed by atoms with Gasteiger partial charge in [0.25, 0.3) is 5.69 Å². The maximum atomic E-state index is 12.0. The highest BCUT2D eigenvalue weighted by Crippen LogP contribution is 2.28. The Kier molecular flexibility index (Phi) is 5.00. The highest BCUT2D eigenvalue weighted by atomic mass is 32.2. The smallest absolute Gasteiger partial charge is 0.270 e. The van der Waals surface area contributed by atoms with Gasteiger partial charge in [0.05, 0.1) is 10.7 Å². The van der Waals surface area contributed by atoms with Crippen LogP contribution in [0.4, 0.5) is 10.8 Å². The number of aromatic nitrogens is 5. The molecule has 1 N–H and O–H groups in total. The standard InChI is InChI=1S/C13H11N7O3S2/c1-19-7-14-18-13(19)24-6-10(21)15-12-17-16-11(25-12)8-3-2-4-9(5-8)20(22)23/h2-5,7H,6H2,1H3,(H,15,17,21). The second kappa shape index (κ2) is 7.36. The van der Waals surface area contributed by atoms with Gasteiger partial charge in [-0.25, -0.2) is 0 Å². The van der Waals surface area contributed by atoms with Gasteiger partial charge in [-0.1, -0.05) is 35.2 Å². The summed E-state index contributed by atoms with van der Waals surface area (Å²) in [5, 5.41) is 30.4. The normalized spacial score (nSPS) is 10.6. The molecule has 2 heterocycles. The van der Waals surface area contributed by atoms with Gasteiger partial charge in [-0.15, -0.1) is 20.4 Å². The molecule has 0 saturated carbocycles. The Balaban J connectivity index is 1.63. The third-order valence-corrected chi connectivity index (χ3v) is 4.90. The number of anilines is 1. The van der Waals surface area contributed by atoms with E-state index in [9.17, 15) is 14.9 Å². The van der Waals surface area contributed by atoms with E-state index in [-0.39, 0.29) is 17.3 Å². The minimum Gasteiger partial charge on any atom is -0.312 e. The molecule has 0 aliphatic carbocycles. The van der Waals surface area contributed by atoms with E-state index in [1.165, 1.54) is 23.9 Å². The summed E-state index contributed by atoms with van der Waals surface area (Å²) in [6.07, 6.45) is 1.55. The van der Waals surface area contributed by atoms with E-state index in [1.807, 2.05) is 0 Å². The number of nitro benzene ring substituents is 1. The predicted molar refractivity (Wildman–Crippen MR) is 92.4 cm³/mol. The van der Waals surface area contributed by atoms with Gasteiger partial charge in [0.2, 0.25) is 11.0 Å². The Morgan fingerprint density at radius 1 is 1.40 bits per heavy atom. The van der Waals surface area contributed by atoms with Gasteiger partial charge in [-0.3, -0.25) is 20.2 Å². The number of thioether (sulfide) groups is 1. The fourth-order valence-electron chi connectivity index (χ4n) is 1.83. The Hall–Kier alpha value is -2.86. The Morgan fingerprint density at radius 3 is 2.96 bits per heavy atom. The van der Waals surface area contributed by atoms with Crippen LogP contribution in [-0.4, -0.2) is 41.5 Å². The molecule has 10 nitrogen and oxygen atoms in total. The first-order valence-corrected chi connectivity index (χ1v) is 8.68. The number of hydrogen-bond acceptors (Lipinski definition) is 9. The zero-order chi connectivity index (χ0) is 17.8. The quantitative estimate of drug-likeness (QED) is 0.392. The van der Waals surface area contributed by atoms with E-state index in [2.05, 4.69) is 25.7 Å². The fourth-order valence-corrected chi connectivity index (χ4v) is 3.28. The Labute approximate surface area is 149 Å². The molecule has 3 rings (SSSR count). The minimum atomic E-state index is -0.475. The van der Waals surface area contributed by atoms with Crippen molar-refractivity contribution in [2.45, 2.75) is 5.16 Å². The number of aryl methyl sites for hydroxylation is 1. The van der Waals surface area contributed by atoms with Crippen molar-refractivity contribution in [3.63, 3.8) is 0 Å². The Bertz CT molecular complexity index is 924. The number of amides is 1.